The van der Waals surface area contributed by atoms with E-state index >= 15 is 0 Å². The van der Waals surface area contributed by atoms with Gasteiger partial charge in [-0.2, -0.15) is 13.2 Å². The minimum atomic E-state index is -4.22. The van der Waals surface area contributed by atoms with Gasteiger partial charge in [-0.1, -0.05) is 0 Å². The maximum absolute atomic E-state index is 12.2. The van der Waals surface area contributed by atoms with Gasteiger partial charge in [0.05, 0.1) is 12.2 Å². The molecule has 0 heterocycles. The lowest BCUT2D eigenvalue weighted by Crippen LogP contribution is -2.45. The molecule has 6 heteroatoms. The molecule has 2 aliphatic carbocycles. The minimum Gasteiger partial charge on any atom is -0.381 e. The first kappa shape index (κ1) is 17.0. The van der Waals surface area contributed by atoms with Crippen molar-refractivity contribution in [2.75, 3.05) is 13.7 Å². The van der Waals surface area contributed by atoms with Gasteiger partial charge in [0.25, 0.3) is 0 Å². The van der Waals surface area contributed by atoms with Gasteiger partial charge >= 0.3 is 6.18 Å². The quantitative estimate of drug-likeness (QED) is 0.844. The third-order valence-corrected chi connectivity index (χ3v) is 4.59. The molecule has 0 amide bonds. The van der Waals surface area contributed by atoms with Crippen molar-refractivity contribution < 1.29 is 22.6 Å². The Labute approximate surface area is 124 Å². The summed E-state index contributed by atoms with van der Waals surface area (Å²) in [6.07, 6.45) is 3.61. The van der Waals surface area contributed by atoms with Gasteiger partial charge in [0.15, 0.2) is 0 Å². The summed E-state index contributed by atoms with van der Waals surface area (Å²) >= 11 is 0. The molecule has 0 aromatic heterocycles. The summed E-state index contributed by atoms with van der Waals surface area (Å²) in [5.41, 5.74) is 0. The van der Waals surface area contributed by atoms with E-state index in [2.05, 4.69) is 5.32 Å². The average molecular weight is 309 g/mol. The Bertz CT molecular complexity index is 304. The summed E-state index contributed by atoms with van der Waals surface area (Å²) in [6.45, 7) is -1.12. The van der Waals surface area contributed by atoms with Crippen LogP contribution in [0.4, 0.5) is 13.2 Å². The summed E-state index contributed by atoms with van der Waals surface area (Å²) in [5, 5.41) is 3.61. The molecule has 2 rings (SSSR count). The molecular formula is C15H26F3NO2. The highest BCUT2D eigenvalue weighted by Crippen LogP contribution is 2.27. The van der Waals surface area contributed by atoms with Crippen LogP contribution >= 0.6 is 0 Å². The van der Waals surface area contributed by atoms with Gasteiger partial charge in [-0.15, -0.1) is 0 Å². The van der Waals surface area contributed by atoms with Crippen molar-refractivity contribution in [1.82, 2.24) is 5.32 Å². The first-order valence-corrected chi connectivity index (χ1v) is 7.93. The van der Waals surface area contributed by atoms with E-state index < -0.39 is 12.8 Å². The second-order valence-electron chi connectivity index (χ2n) is 6.29. The van der Waals surface area contributed by atoms with E-state index in [1.165, 1.54) is 0 Å². The Morgan fingerprint density at radius 2 is 1.67 bits per heavy atom. The molecule has 3 nitrogen and oxygen atoms in total. The van der Waals surface area contributed by atoms with Crippen molar-refractivity contribution in [3.8, 4) is 0 Å². The van der Waals surface area contributed by atoms with Crippen molar-refractivity contribution >= 4 is 0 Å². The predicted molar refractivity (Wildman–Crippen MR) is 74.2 cm³/mol. The maximum atomic E-state index is 12.2. The van der Waals surface area contributed by atoms with Gasteiger partial charge < -0.3 is 14.8 Å². The molecule has 2 aliphatic rings. The lowest BCUT2D eigenvalue weighted by Gasteiger charge is -2.35. The number of nitrogens with one attached hydrogen (secondary N) is 1. The van der Waals surface area contributed by atoms with Crippen molar-refractivity contribution in [3.05, 3.63) is 0 Å². The Hall–Kier alpha value is -0.330. The molecule has 0 radical (unpaired) electrons. The summed E-state index contributed by atoms with van der Waals surface area (Å²) in [6, 6.07) is 0.767. The van der Waals surface area contributed by atoms with Crippen LogP contribution in [0, 0.1) is 0 Å². The van der Waals surface area contributed by atoms with Gasteiger partial charge in [0, 0.05) is 19.2 Å². The third-order valence-electron chi connectivity index (χ3n) is 4.59. The molecule has 21 heavy (non-hydrogen) atoms. The molecule has 2 saturated carbocycles. The number of ether oxygens (including phenoxy) is 2. The van der Waals surface area contributed by atoms with E-state index in [0.717, 1.165) is 44.9 Å². The Morgan fingerprint density at radius 3 is 2.29 bits per heavy atom. The number of hydrogen-bond acceptors (Lipinski definition) is 3. The molecule has 1 N–H and O–H groups in total. The fourth-order valence-electron chi connectivity index (χ4n) is 3.46. The zero-order valence-electron chi connectivity index (χ0n) is 12.6. The van der Waals surface area contributed by atoms with Crippen molar-refractivity contribution in [1.29, 1.82) is 0 Å². The van der Waals surface area contributed by atoms with E-state index in [4.69, 9.17) is 9.47 Å². The topological polar surface area (TPSA) is 30.5 Å². The van der Waals surface area contributed by atoms with Crippen molar-refractivity contribution in [2.45, 2.75) is 81.8 Å². The van der Waals surface area contributed by atoms with Gasteiger partial charge in [-0.05, 0) is 51.4 Å². The molecule has 0 saturated heterocycles. The van der Waals surface area contributed by atoms with Crippen LogP contribution in [0.2, 0.25) is 0 Å². The van der Waals surface area contributed by atoms with Crippen LogP contribution in [0.5, 0.6) is 0 Å². The lowest BCUT2D eigenvalue weighted by atomic mass is 9.88. The highest BCUT2D eigenvalue weighted by atomic mass is 19.4. The van der Waals surface area contributed by atoms with E-state index in [-0.39, 0.29) is 6.10 Å². The second kappa shape index (κ2) is 7.79. The third kappa shape index (κ3) is 6.12. The number of halogens is 3. The van der Waals surface area contributed by atoms with Gasteiger partial charge in [-0.25, -0.2) is 0 Å². The monoisotopic (exact) mass is 309 g/mol. The van der Waals surface area contributed by atoms with Gasteiger partial charge in [0.2, 0.25) is 0 Å². The fourth-order valence-corrected chi connectivity index (χ4v) is 3.46. The van der Waals surface area contributed by atoms with Crippen molar-refractivity contribution in [3.63, 3.8) is 0 Å². The molecule has 0 spiro atoms. The molecule has 0 aliphatic heterocycles. The summed E-state index contributed by atoms with van der Waals surface area (Å²) in [5.74, 6) is 0. The zero-order valence-corrected chi connectivity index (χ0v) is 12.6. The van der Waals surface area contributed by atoms with Crippen LogP contribution in [-0.2, 0) is 9.47 Å². The van der Waals surface area contributed by atoms with Gasteiger partial charge in [-0.3, -0.25) is 0 Å². The maximum Gasteiger partial charge on any atom is 0.411 e. The van der Waals surface area contributed by atoms with E-state index in [1.807, 2.05) is 0 Å². The minimum absolute atomic E-state index is 0.256. The van der Waals surface area contributed by atoms with Gasteiger partial charge in [0.1, 0.15) is 6.61 Å². The van der Waals surface area contributed by atoms with Crippen LogP contribution in [-0.4, -0.2) is 44.2 Å². The Kier molecular flexibility index (Phi) is 6.32. The molecule has 0 bridgehead atoms. The van der Waals surface area contributed by atoms with Crippen LogP contribution in [0.3, 0.4) is 0 Å². The smallest absolute Gasteiger partial charge is 0.381 e. The largest absolute Gasteiger partial charge is 0.411 e. The number of alkyl halides is 3. The molecule has 2 unspecified atom stereocenters. The normalized spacial score (nSPS) is 34.9. The summed E-state index contributed by atoms with van der Waals surface area (Å²) < 4.78 is 47.0. The highest BCUT2D eigenvalue weighted by Gasteiger charge is 2.32. The van der Waals surface area contributed by atoms with Crippen LogP contribution < -0.4 is 5.32 Å². The second-order valence-corrected chi connectivity index (χ2v) is 6.29. The Balaban J connectivity index is 1.69. The van der Waals surface area contributed by atoms with Crippen molar-refractivity contribution in [2.24, 2.45) is 0 Å². The van der Waals surface area contributed by atoms with Crippen LogP contribution in [0.25, 0.3) is 0 Å². The zero-order chi connectivity index (χ0) is 15.3. The lowest BCUT2D eigenvalue weighted by molar-refractivity contribution is -0.188. The summed E-state index contributed by atoms with van der Waals surface area (Å²) in [7, 11) is 1.75. The standard InChI is InChI=1S/C15H26F3NO2/c1-20-13-7-5-11(6-8-13)19-12-3-2-4-14(9-12)21-10-15(16,17)18/h11-14,19H,2-10H2,1H3. The number of methoxy groups -OCH3 is 1. The predicted octanol–water partition coefficient (Wildman–Crippen LogP) is 3.42. The van der Waals surface area contributed by atoms with Crippen LogP contribution in [0.15, 0.2) is 0 Å². The number of hydrogen-bond donors (Lipinski definition) is 1. The molecule has 0 aromatic carbocycles. The molecule has 0 aromatic rings. The highest BCUT2D eigenvalue weighted by molar-refractivity contribution is 4.85. The van der Waals surface area contributed by atoms with E-state index in [1.54, 1.807) is 7.11 Å². The fraction of sp³-hybridized carbons (Fsp3) is 1.00. The number of rotatable bonds is 5. The van der Waals surface area contributed by atoms with Crippen LogP contribution in [0.1, 0.15) is 51.4 Å². The molecular weight excluding hydrogens is 283 g/mol. The van der Waals surface area contributed by atoms with E-state index in [0.29, 0.717) is 24.6 Å². The molecule has 2 fully saturated rings. The SMILES string of the molecule is COC1CCC(NC2CCCC(OCC(F)(F)F)C2)CC1. The Morgan fingerprint density at radius 1 is 0.952 bits per heavy atom. The molecule has 124 valence electrons. The first-order chi connectivity index (χ1) is 9.96. The first-order valence-electron chi connectivity index (χ1n) is 7.93. The van der Waals surface area contributed by atoms with E-state index in [9.17, 15) is 13.2 Å². The average Bonchev–Trinajstić information content (AvgIpc) is 2.46. The summed E-state index contributed by atoms with van der Waals surface area (Å²) in [4.78, 5) is 0. The molecule has 2 atom stereocenters.